The van der Waals surface area contributed by atoms with Gasteiger partial charge in [0.05, 0.1) is 17.0 Å². The number of ether oxygens (including phenoxy) is 1. The van der Waals surface area contributed by atoms with E-state index in [4.69, 9.17) is 10.5 Å². The Morgan fingerprint density at radius 3 is 2.62 bits per heavy atom. The molecule has 0 radical (unpaired) electrons. The summed E-state index contributed by atoms with van der Waals surface area (Å²) >= 11 is 0. The first-order valence-electron chi connectivity index (χ1n) is 6.56. The zero-order valence-electron chi connectivity index (χ0n) is 12.9. The van der Waals surface area contributed by atoms with Crippen molar-refractivity contribution in [2.45, 2.75) is 31.3 Å². The maximum atomic E-state index is 12.4. The van der Waals surface area contributed by atoms with Gasteiger partial charge in [0.15, 0.2) is 0 Å². The van der Waals surface area contributed by atoms with Crippen molar-refractivity contribution in [2.75, 3.05) is 20.2 Å². The minimum Gasteiger partial charge on any atom is -0.377 e. The average molecular weight is 310 g/mol. The Bertz CT molecular complexity index is 655. The fraction of sp³-hybridized carbons (Fsp3) is 0.467. The molecule has 21 heavy (non-hydrogen) atoms. The lowest BCUT2D eigenvalue weighted by Crippen LogP contribution is -2.39. The Hall–Kier alpha value is -1.39. The SMILES string of the molecule is COC(C)(C)CNS(=O)(=O)c1cc(C#CCN)ccc1C. The summed E-state index contributed by atoms with van der Waals surface area (Å²) in [6.07, 6.45) is 0. The molecule has 0 unspecified atom stereocenters. The van der Waals surface area contributed by atoms with Crippen molar-refractivity contribution in [1.82, 2.24) is 4.72 Å². The molecule has 3 N–H and O–H groups in total. The molecule has 0 fully saturated rings. The first-order chi connectivity index (χ1) is 9.72. The van der Waals surface area contributed by atoms with Crippen LogP contribution in [0.3, 0.4) is 0 Å². The normalized spacial score (nSPS) is 11.9. The van der Waals surface area contributed by atoms with E-state index in [1.54, 1.807) is 32.2 Å². The molecule has 1 aromatic rings. The molecule has 0 bridgehead atoms. The van der Waals surface area contributed by atoms with Gasteiger partial charge < -0.3 is 10.5 Å². The summed E-state index contributed by atoms with van der Waals surface area (Å²) in [5.74, 6) is 5.55. The second kappa shape index (κ2) is 7.05. The highest BCUT2D eigenvalue weighted by molar-refractivity contribution is 7.89. The molecule has 0 aliphatic rings. The molecule has 5 nitrogen and oxygen atoms in total. The van der Waals surface area contributed by atoms with Crippen molar-refractivity contribution in [2.24, 2.45) is 5.73 Å². The molecule has 0 amide bonds. The van der Waals surface area contributed by atoms with E-state index >= 15 is 0 Å². The molecule has 0 saturated carbocycles. The maximum absolute atomic E-state index is 12.4. The molecule has 6 heteroatoms. The fourth-order valence-electron chi connectivity index (χ4n) is 1.54. The van der Waals surface area contributed by atoms with E-state index in [9.17, 15) is 8.42 Å². The van der Waals surface area contributed by atoms with E-state index in [1.807, 2.05) is 13.8 Å². The van der Waals surface area contributed by atoms with Gasteiger partial charge in [-0.3, -0.25) is 0 Å². The van der Waals surface area contributed by atoms with Gasteiger partial charge in [0, 0.05) is 19.2 Å². The van der Waals surface area contributed by atoms with Crippen LogP contribution in [0.4, 0.5) is 0 Å². The van der Waals surface area contributed by atoms with Crippen molar-refractivity contribution in [3.05, 3.63) is 29.3 Å². The van der Waals surface area contributed by atoms with Crippen LogP contribution in [-0.4, -0.2) is 34.2 Å². The Morgan fingerprint density at radius 2 is 2.05 bits per heavy atom. The predicted molar refractivity (Wildman–Crippen MR) is 83.4 cm³/mol. The van der Waals surface area contributed by atoms with Crippen molar-refractivity contribution in [1.29, 1.82) is 0 Å². The summed E-state index contributed by atoms with van der Waals surface area (Å²) < 4.78 is 32.6. The molecule has 0 atom stereocenters. The van der Waals surface area contributed by atoms with Gasteiger partial charge in [-0.15, -0.1) is 0 Å². The third-order valence-electron chi connectivity index (χ3n) is 3.05. The number of aryl methyl sites for hydroxylation is 1. The van der Waals surface area contributed by atoms with Crippen LogP contribution in [0.25, 0.3) is 0 Å². The minimum atomic E-state index is -3.61. The smallest absolute Gasteiger partial charge is 0.240 e. The van der Waals surface area contributed by atoms with Crippen molar-refractivity contribution >= 4 is 10.0 Å². The molecule has 116 valence electrons. The lowest BCUT2D eigenvalue weighted by atomic mass is 10.1. The topological polar surface area (TPSA) is 81.4 Å². The van der Waals surface area contributed by atoms with E-state index in [1.165, 1.54) is 0 Å². The van der Waals surface area contributed by atoms with Gasteiger partial charge >= 0.3 is 0 Å². The van der Waals surface area contributed by atoms with Crippen LogP contribution in [0.5, 0.6) is 0 Å². The first kappa shape index (κ1) is 17.7. The van der Waals surface area contributed by atoms with Crippen LogP contribution in [0.2, 0.25) is 0 Å². The van der Waals surface area contributed by atoms with Crippen LogP contribution in [0, 0.1) is 18.8 Å². The number of benzene rings is 1. The monoisotopic (exact) mass is 310 g/mol. The molecular formula is C15H22N2O3S. The molecule has 0 heterocycles. The van der Waals surface area contributed by atoms with Crippen LogP contribution in [0.15, 0.2) is 23.1 Å². The zero-order valence-corrected chi connectivity index (χ0v) is 13.7. The van der Waals surface area contributed by atoms with E-state index in [0.29, 0.717) is 11.1 Å². The second-order valence-electron chi connectivity index (χ2n) is 5.27. The summed E-state index contributed by atoms with van der Waals surface area (Å²) in [6, 6.07) is 5.06. The summed E-state index contributed by atoms with van der Waals surface area (Å²) in [6.45, 7) is 5.79. The third-order valence-corrected chi connectivity index (χ3v) is 4.60. The molecule has 0 aliphatic heterocycles. The summed E-state index contributed by atoms with van der Waals surface area (Å²) in [4.78, 5) is 0.221. The number of sulfonamides is 1. The van der Waals surface area contributed by atoms with Gasteiger partial charge in [-0.05, 0) is 38.5 Å². The van der Waals surface area contributed by atoms with Gasteiger partial charge in [-0.2, -0.15) is 0 Å². The summed E-state index contributed by atoms with van der Waals surface area (Å²) in [5.41, 5.74) is 6.04. The highest BCUT2D eigenvalue weighted by atomic mass is 32.2. The number of hydrogen-bond acceptors (Lipinski definition) is 4. The Morgan fingerprint density at radius 1 is 1.38 bits per heavy atom. The average Bonchev–Trinajstić information content (AvgIpc) is 2.44. The lowest BCUT2D eigenvalue weighted by molar-refractivity contribution is 0.0276. The molecule has 0 saturated heterocycles. The lowest BCUT2D eigenvalue weighted by Gasteiger charge is -2.23. The van der Waals surface area contributed by atoms with Gasteiger partial charge in [-0.1, -0.05) is 17.9 Å². The van der Waals surface area contributed by atoms with Crippen molar-refractivity contribution < 1.29 is 13.2 Å². The number of hydrogen-bond donors (Lipinski definition) is 2. The minimum absolute atomic E-state index is 0.185. The molecule has 1 aromatic carbocycles. The Labute approximate surface area is 126 Å². The van der Waals surface area contributed by atoms with Gasteiger partial charge in [0.2, 0.25) is 10.0 Å². The molecule has 0 aromatic heterocycles. The number of methoxy groups -OCH3 is 1. The van der Waals surface area contributed by atoms with E-state index < -0.39 is 15.6 Å². The van der Waals surface area contributed by atoms with Gasteiger partial charge in [0.1, 0.15) is 0 Å². The Balaban J connectivity index is 3.07. The van der Waals surface area contributed by atoms with Crippen LogP contribution < -0.4 is 10.5 Å². The van der Waals surface area contributed by atoms with Crippen LogP contribution >= 0.6 is 0 Å². The van der Waals surface area contributed by atoms with E-state index in [-0.39, 0.29) is 18.0 Å². The quantitative estimate of drug-likeness (QED) is 0.795. The van der Waals surface area contributed by atoms with Crippen LogP contribution in [0.1, 0.15) is 25.0 Å². The standard InChI is InChI=1S/C15H22N2O3S/c1-12-7-8-13(6-5-9-16)10-14(12)21(18,19)17-11-15(2,3)20-4/h7-8,10,17H,9,11,16H2,1-4H3. The van der Waals surface area contributed by atoms with Gasteiger partial charge in [-0.25, -0.2) is 13.1 Å². The summed E-state index contributed by atoms with van der Waals surface area (Å²) in [7, 11) is -2.07. The zero-order chi connectivity index (χ0) is 16.1. The highest BCUT2D eigenvalue weighted by Gasteiger charge is 2.23. The molecule has 1 rings (SSSR count). The summed E-state index contributed by atoms with van der Waals surface area (Å²) in [5, 5.41) is 0. The van der Waals surface area contributed by atoms with Crippen molar-refractivity contribution in [3.8, 4) is 11.8 Å². The molecule has 0 spiro atoms. The third kappa shape index (κ3) is 5.14. The number of nitrogens with two attached hydrogens (primary N) is 1. The first-order valence-corrected chi connectivity index (χ1v) is 8.04. The Kier molecular flexibility index (Phi) is 5.93. The second-order valence-corrected chi connectivity index (χ2v) is 7.01. The molecule has 0 aliphatic carbocycles. The number of nitrogens with one attached hydrogen (secondary N) is 1. The predicted octanol–water partition coefficient (Wildman–Crippen LogP) is 1.01. The fourth-order valence-corrected chi connectivity index (χ4v) is 3.01. The van der Waals surface area contributed by atoms with E-state index in [2.05, 4.69) is 16.6 Å². The van der Waals surface area contributed by atoms with Crippen molar-refractivity contribution in [3.63, 3.8) is 0 Å². The van der Waals surface area contributed by atoms with Crippen LogP contribution in [-0.2, 0) is 14.8 Å². The number of rotatable bonds is 5. The van der Waals surface area contributed by atoms with Gasteiger partial charge in [0.25, 0.3) is 0 Å². The highest BCUT2D eigenvalue weighted by Crippen LogP contribution is 2.17. The largest absolute Gasteiger partial charge is 0.377 e. The van der Waals surface area contributed by atoms with E-state index in [0.717, 1.165) is 0 Å². The maximum Gasteiger partial charge on any atom is 0.240 e. The molecular weight excluding hydrogens is 288 g/mol.